The summed E-state index contributed by atoms with van der Waals surface area (Å²) in [5.74, 6) is 0.225. The Kier molecular flexibility index (Phi) is 1.77. The van der Waals surface area contributed by atoms with Gasteiger partial charge in [-0.2, -0.15) is 9.50 Å². The predicted molar refractivity (Wildman–Crippen MR) is 49.5 cm³/mol. The Morgan fingerprint density at radius 3 is 3.14 bits per heavy atom. The van der Waals surface area contributed by atoms with E-state index in [1.807, 2.05) is 0 Å². The molecule has 0 aromatic carbocycles. The number of nitrogens with two attached hydrogens (primary N) is 1. The molecule has 2 heterocycles. The second kappa shape index (κ2) is 2.95. The molecule has 7 nitrogen and oxygen atoms in total. The maximum absolute atomic E-state index is 10.8. The first kappa shape index (κ1) is 8.42. The van der Waals surface area contributed by atoms with E-state index in [0.717, 1.165) is 0 Å². The molecule has 3 N–H and O–H groups in total. The highest BCUT2D eigenvalue weighted by atomic mass is 16.1. The molecule has 2 aromatic rings. The fourth-order valence-corrected chi connectivity index (χ4v) is 1.08. The van der Waals surface area contributed by atoms with Gasteiger partial charge in [-0.1, -0.05) is 0 Å². The van der Waals surface area contributed by atoms with Crippen molar-refractivity contribution in [1.29, 1.82) is 0 Å². The zero-order chi connectivity index (χ0) is 10.1. The molecule has 2 aromatic heterocycles. The first-order valence-corrected chi connectivity index (χ1v) is 3.91. The van der Waals surface area contributed by atoms with Gasteiger partial charge >= 0.3 is 0 Å². The van der Waals surface area contributed by atoms with E-state index in [9.17, 15) is 4.79 Å². The van der Waals surface area contributed by atoms with Gasteiger partial charge in [-0.15, -0.1) is 5.10 Å². The smallest absolute Gasteiger partial charge is 0.240 e. The fraction of sp³-hybridized carbons (Fsp3) is 0.143. The van der Waals surface area contributed by atoms with Crippen molar-refractivity contribution in [1.82, 2.24) is 19.6 Å². The van der Waals surface area contributed by atoms with Crippen LogP contribution in [-0.4, -0.2) is 25.5 Å². The molecule has 0 saturated carbocycles. The zero-order valence-electron chi connectivity index (χ0n) is 7.43. The van der Waals surface area contributed by atoms with Gasteiger partial charge in [-0.25, -0.2) is 4.98 Å². The van der Waals surface area contributed by atoms with Crippen LogP contribution in [0.5, 0.6) is 0 Å². The molecule has 0 aliphatic carbocycles. The number of anilines is 2. The number of nitrogen functional groups attached to an aromatic ring is 1. The van der Waals surface area contributed by atoms with Gasteiger partial charge in [0, 0.05) is 19.2 Å². The standard InChI is InChI=1S/C7H8N6O/c1-4(14)10-7-9-3-2-5-11-6(8)12-13(5)7/h2-3H,1H3,(H2,8,12)(H,9,10,14). The average molecular weight is 192 g/mol. The van der Waals surface area contributed by atoms with Crippen LogP contribution in [0.1, 0.15) is 6.92 Å². The van der Waals surface area contributed by atoms with E-state index < -0.39 is 0 Å². The molecule has 2 rings (SSSR count). The van der Waals surface area contributed by atoms with Crippen LogP contribution in [0.2, 0.25) is 0 Å². The Balaban J connectivity index is 2.58. The number of nitrogens with one attached hydrogen (secondary N) is 1. The first-order chi connectivity index (χ1) is 6.66. The Morgan fingerprint density at radius 2 is 2.43 bits per heavy atom. The van der Waals surface area contributed by atoms with Crippen molar-refractivity contribution in [2.45, 2.75) is 6.92 Å². The summed E-state index contributed by atoms with van der Waals surface area (Å²) in [6, 6.07) is 1.65. The van der Waals surface area contributed by atoms with Crippen LogP contribution in [0.25, 0.3) is 5.65 Å². The molecule has 72 valence electrons. The number of carbonyl (C=O) groups is 1. The van der Waals surface area contributed by atoms with Crippen molar-refractivity contribution < 1.29 is 4.79 Å². The van der Waals surface area contributed by atoms with Crippen molar-refractivity contribution in [3.05, 3.63) is 12.3 Å². The van der Waals surface area contributed by atoms with Crippen LogP contribution >= 0.6 is 0 Å². The number of amides is 1. The molecule has 0 unspecified atom stereocenters. The predicted octanol–water partition coefficient (Wildman–Crippen LogP) is -0.335. The van der Waals surface area contributed by atoms with E-state index in [1.54, 1.807) is 6.07 Å². The number of aromatic nitrogens is 4. The molecule has 0 aliphatic heterocycles. The highest BCUT2D eigenvalue weighted by molar-refractivity contribution is 5.86. The average Bonchev–Trinajstić information content (AvgIpc) is 2.45. The lowest BCUT2D eigenvalue weighted by atomic mass is 10.6. The summed E-state index contributed by atoms with van der Waals surface area (Å²) in [6.07, 6.45) is 1.52. The molecule has 0 aliphatic rings. The molecule has 14 heavy (non-hydrogen) atoms. The summed E-state index contributed by atoms with van der Waals surface area (Å²) in [5, 5.41) is 6.39. The van der Waals surface area contributed by atoms with Crippen LogP contribution in [0.4, 0.5) is 11.9 Å². The summed E-state index contributed by atoms with van der Waals surface area (Å²) in [7, 11) is 0. The lowest BCUT2D eigenvalue weighted by Crippen LogP contribution is -2.11. The lowest BCUT2D eigenvalue weighted by Gasteiger charge is -2.01. The van der Waals surface area contributed by atoms with Crippen molar-refractivity contribution >= 4 is 23.5 Å². The first-order valence-electron chi connectivity index (χ1n) is 3.91. The molecule has 0 radical (unpaired) electrons. The maximum atomic E-state index is 10.8. The molecule has 0 bridgehead atoms. The van der Waals surface area contributed by atoms with E-state index in [0.29, 0.717) is 11.6 Å². The molecule has 0 fully saturated rings. The van der Waals surface area contributed by atoms with E-state index >= 15 is 0 Å². The topological polar surface area (TPSA) is 98.2 Å². The minimum Gasteiger partial charge on any atom is -0.366 e. The summed E-state index contributed by atoms with van der Waals surface area (Å²) >= 11 is 0. The third-order valence-corrected chi connectivity index (χ3v) is 1.56. The molecular formula is C7H8N6O. The Morgan fingerprint density at radius 1 is 1.64 bits per heavy atom. The normalized spacial score (nSPS) is 10.4. The number of fused-ring (bicyclic) bond motifs is 1. The number of hydrogen-bond donors (Lipinski definition) is 2. The highest BCUT2D eigenvalue weighted by Crippen LogP contribution is 2.07. The summed E-state index contributed by atoms with van der Waals surface area (Å²) < 4.78 is 1.37. The minimum atomic E-state index is -0.223. The van der Waals surface area contributed by atoms with Gasteiger partial charge in [-0.05, 0) is 0 Å². The van der Waals surface area contributed by atoms with Crippen LogP contribution < -0.4 is 11.1 Å². The Labute approximate surface area is 79.0 Å². The van der Waals surface area contributed by atoms with Gasteiger partial charge in [0.15, 0.2) is 5.65 Å². The molecule has 0 saturated heterocycles. The van der Waals surface area contributed by atoms with Crippen LogP contribution in [-0.2, 0) is 4.79 Å². The third kappa shape index (κ3) is 1.35. The van der Waals surface area contributed by atoms with Gasteiger partial charge in [0.1, 0.15) is 0 Å². The van der Waals surface area contributed by atoms with E-state index in [1.165, 1.54) is 17.6 Å². The van der Waals surface area contributed by atoms with Crippen molar-refractivity contribution in [3.63, 3.8) is 0 Å². The number of carbonyl (C=O) groups excluding carboxylic acids is 1. The second-order valence-electron chi connectivity index (χ2n) is 2.69. The van der Waals surface area contributed by atoms with E-state index in [4.69, 9.17) is 5.73 Å². The van der Waals surface area contributed by atoms with Crippen molar-refractivity contribution in [3.8, 4) is 0 Å². The number of hydrogen-bond acceptors (Lipinski definition) is 5. The SMILES string of the molecule is CC(=O)Nc1nccc2nc(N)nn12. The third-order valence-electron chi connectivity index (χ3n) is 1.56. The van der Waals surface area contributed by atoms with E-state index in [2.05, 4.69) is 20.4 Å². The Bertz CT molecular complexity index is 490. The molecule has 0 atom stereocenters. The monoisotopic (exact) mass is 192 g/mol. The van der Waals surface area contributed by atoms with Crippen LogP contribution in [0.15, 0.2) is 12.3 Å². The van der Waals surface area contributed by atoms with E-state index in [-0.39, 0.29) is 11.9 Å². The van der Waals surface area contributed by atoms with Crippen LogP contribution in [0.3, 0.4) is 0 Å². The quantitative estimate of drug-likeness (QED) is 0.644. The summed E-state index contributed by atoms with van der Waals surface area (Å²) in [4.78, 5) is 18.7. The number of rotatable bonds is 1. The van der Waals surface area contributed by atoms with Crippen molar-refractivity contribution in [2.24, 2.45) is 0 Å². The van der Waals surface area contributed by atoms with Crippen molar-refractivity contribution in [2.75, 3.05) is 11.1 Å². The van der Waals surface area contributed by atoms with Gasteiger partial charge in [-0.3, -0.25) is 10.1 Å². The van der Waals surface area contributed by atoms with Crippen LogP contribution in [0, 0.1) is 0 Å². The Hall–Kier alpha value is -2.18. The maximum Gasteiger partial charge on any atom is 0.240 e. The van der Waals surface area contributed by atoms with Gasteiger partial charge < -0.3 is 5.73 Å². The fourth-order valence-electron chi connectivity index (χ4n) is 1.08. The largest absolute Gasteiger partial charge is 0.366 e. The number of nitrogens with zero attached hydrogens (tertiary/aromatic N) is 4. The lowest BCUT2D eigenvalue weighted by molar-refractivity contribution is -0.114. The zero-order valence-corrected chi connectivity index (χ0v) is 7.43. The summed E-state index contributed by atoms with van der Waals surface area (Å²) in [5.41, 5.74) is 5.95. The summed E-state index contributed by atoms with van der Waals surface area (Å²) in [6.45, 7) is 1.39. The van der Waals surface area contributed by atoms with Gasteiger partial charge in [0.05, 0.1) is 0 Å². The molecule has 7 heteroatoms. The molecular weight excluding hydrogens is 184 g/mol. The second-order valence-corrected chi connectivity index (χ2v) is 2.69. The minimum absolute atomic E-state index is 0.143. The molecule has 1 amide bonds. The highest BCUT2D eigenvalue weighted by Gasteiger charge is 2.06. The van der Waals surface area contributed by atoms with Gasteiger partial charge in [0.25, 0.3) is 0 Å². The molecule has 0 spiro atoms. The van der Waals surface area contributed by atoms with Gasteiger partial charge in [0.2, 0.25) is 17.8 Å².